The Kier molecular flexibility index (Phi) is 10.3. The number of hydrogen-bond acceptors (Lipinski definition) is 4. The minimum atomic E-state index is -0.369. The minimum Gasteiger partial charge on any atom is -0.335 e. The van der Waals surface area contributed by atoms with Crippen molar-refractivity contribution in [2.75, 3.05) is 43.9 Å². The van der Waals surface area contributed by atoms with Gasteiger partial charge in [0.25, 0.3) is 0 Å². The monoisotopic (exact) mass is 498 g/mol. The van der Waals surface area contributed by atoms with E-state index in [0.717, 1.165) is 6.42 Å². The maximum Gasteiger partial charge on any atom is 0.244 e. The standard InChI is InChI=1S/C22H25Cl3N4O3/c1-3-10-29(13-21(31)27-19-9-8-15(23)11-17(19)25)14-22(32)28(2)12-20(30)26-18-7-5-4-6-16(18)24/h4-9,11H,3,10,12-14H2,1-2H3,(H,26,30)(H,27,31). The summed E-state index contributed by atoms with van der Waals surface area (Å²) >= 11 is 18.0. The maximum atomic E-state index is 12.6. The number of carbonyl (C=O) groups is 3. The summed E-state index contributed by atoms with van der Waals surface area (Å²) in [5, 5.41) is 6.61. The second-order valence-corrected chi connectivity index (χ2v) is 8.41. The van der Waals surface area contributed by atoms with Gasteiger partial charge in [0, 0.05) is 12.1 Å². The molecule has 0 atom stereocenters. The Morgan fingerprint density at radius 2 is 1.47 bits per heavy atom. The highest BCUT2D eigenvalue weighted by Gasteiger charge is 2.19. The quantitative estimate of drug-likeness (QED) is 0.508. The van der Waals surface area contributed by atoms with Crippen molar-refractivity contribution in [2.45, 2.75) is 13.3 Å². The van der Waals surface area contributed by atoms with Gasteiger partial charge < -0.3 is 15.5 Å². The first-order valence-electron chi connectivity index (χ1n) is 9.95. The van der Waals surface area contributed by atoms with Crippen molar-refractivity contribution < 1.29 is 14.4 Å². The van der Waals surface area contributed by atoms with Crippen molar-refractivity contribution in [1.29, 1.82) is 0 Å². The fourth-order valence-corrected chi connectivity index (χ4v) is 3.52. The third-order valence-corrected chi connectivity index (χ3v) is 5.30. The lowest BCUT2D eigenvalue weighted by Gasteiger charge is -2.24. The molecule has 10 heteroatoms. The number of nitrogens with one attached hydrogen (secondary N) is 2. The summed E-state index contributed by atoms with van der Waals surface area (Å²) in [7, 11) is 1.53. The number of amides is 3. The first-order valence-corrected chi connectivity index (χ1v) is 11.1. The number of benzene rings is 2. The molecule has 2 N–H and O–H groups in total. The van der Waals surface area contributed by atoms with Crippen molar-refractivity contribution in [3.8, 4) is 0 Å². The van der Waals surface area contributed by atoms with Gasteiger partial charge in [0.15, 0.2) is 0 Å². The SMILES string of the molecule is CCCN(CC(=O)Nc1ccc(Cl)cc1Cl)CC(=O)N(C)CC(=O)Nc1ccccc1Cl. The zero-order valence-corrected chi connectivity index (χ0v) is 20.1. The van der Waals surface area contributed by atoms with E-state index in [1.54, 1.807) is 41.3 Å². The zero-order valence-electron chi connectivity index (χ0n) is 17.8. The van der Waals surface area contributed by atoms with E-state index in [1.165, 1.54) is 18.0 Å². The molecule has 2 rings (SSSR count). The average molecular weight is 500 g/mol. The lowest BCUT2D eigenvalue weighted by molar-refractivity contribution is -0.134. The van der Waals surface area contributed by atoms with E-state index in [2.05, 4.69) is 10.6 Å². The van der Waals surface area contributed by atoms with Gasteiger partial charge in [-0.1, -0.05) is 53.9 Å². The second-order valence-electron chi connectivity index (χ2n) is 7.16. The molecule has 0 aliphatic heterocycles. The fraction of sp³-hybridized carbons (Fsp3) is 0.318. The molecule has 0 aliphatic rings. The Hall–Kier alpha value is -2.32. The van der Waals surface area contributed by atoms with Crippen LogP contribution >= 0.6 is 34.8 Å². The molecule has 2 aromatic carbocycles. The highest BCUT2D eigenvalue weighted by molar-refractivity contribution is 6.36. The maximum absolute atomic E-state index is 12.6. The topological polar surface area (TPSA) is 81.8 Å². The van der Waals surface area contributed by atoms with E-state index in [-0.39, 0.29) is 37.4 Å². The van der Waals surface area contributed by atoms with E-state index in [1.807, 2.05) is 6.92 Å². The molecule has 3 amide bonds. The molecular weight excluding hydrogens is 475 g/mol. The number of para-hydroxylation sites is 1. The number of carbonyl (C=O) groups excluding carboxylic acids is 3. The predicted molar refractivity (Wildman–Crippen MR) is 130 cm³/mol. The number of rotatable bonds is 10. The van der Waals surface area contributed by atoms with Crippen molar-refractivity contribution in [3.63, 3.8) is 0 Å². The van der Waals surface area contributed by atoms with Gasteiger partial charge in [-0.2, -0.15) is 0 Å². The summed E-state index contributed by atoms with van der Waals surface area (Å²) in [6, 6.07) is 11.6. The number of hydrogen-bond donors (Lipinski definition) is 2. The summed E-state index contributed by atoms with van der Waals surface area (Å²) in [4.78, 5) is 40.4. The smallest absolute Gasteiger partial charge is 0.244 e. The van der Waals surface area contributed by atoms with Crippen molar-refractivity contribution in [2.24, 2.45) is 0 Å². The van der Waals surface area contributed by atoms with Crippen LogP contribution in [0.4, 0.5) is 11.4 Å². The van der Waals surface area contributed by atoms with E-state index in [0.29, 0.717) is 33.0 Å². The number of nitrogens with zero attached hydrogens (tertiary/aromatic N) is 2. The van der Waals surface area contributed by atoms with E-state index < -0.39 is 0 Å². The first kappa shape index (κ1) is 25.9. The van der Waals surface area contributed by atoms with Crippen molar-refractivity contribution >= 4 is 63.9 Å². The van der Waals surface area contributed by atoms with Crippen LogP contribution in [0.5, 0.6) is 0 Å². The molecule has 0 radical (unpaired) electrons. The van der Waals surface area contributed by atoms with Crippen LogP contribution in [0.15, 0.2) is 42.5 Å². The molecule has 0 heterocycles. The van der Waals surface area contributed by atoms with Gasteiger partial charge >= 0.3 is 0 Å². The number of halogens is 3. The average Bonchev–Trinajstić information content (AvgIpc) is 2.72. The van der Waals surface area contributed by atoms with Gasteiger partial charge in [-0.15, -0.1) is 0 Å². The summed E-state index contributed by atoms with van der Waals surface area (Å²) in [6.45, 7) is 2.33. The Morgan fingerprint density at radius 1 is 0.844 bits per heavy atom. The van der Waals surface area contributed by atoms with E-state index in [4.69, 9.17) is 34.8 Å². The van der Waals surface area contributed by atoms with Crippen molar-refractivity contribution in [1.82, 2.24) is 9.80 Å². The van der Waals surface area contributed by atoms with Crippen molar-refractivity contribution in [3.05, 3.63) is 57.5 Å². The molecule has 0 bridgehead atoms. The molecule has 7 nitrogen and oxygen atoms in total. The van der Waals surface area contributed by atoms with Gasteiger partial charge in [0.05, 0.1) is 41.1 Å². The Bertz CT molecular complexity index is 971. The lowest BCUT2D eigenvalue weighted by Crippen LogP contribution is -2.44. The lowest BCUT2D eigenvalue weighted by atomic mass is 10.3. The molecule has 0 saturated carbocycles. The van der Waals surface area contributed by atoms with Gasteiger partial charge in [-0.25, -0.2) is 0 Å². The summed E-state index contributed by atoms with van der Waals surface area (Å²) < 4.78 is 0. The summed E-state index contributed by atoms with van der Waals surface area (Å²) in [5.74, 6) is -0.967. The molecule has 0 aromatic heterocycles. The fourth-order valence-electron chi connectivity index (χ4n) is 2.88. The second kappa shape index (κ2) is 12.6. The molecule has 0 unspecified atom stereocenters. The van der Waals surface area contributed by atoms with Crippen LogP contribution in [-0.4, -0.2) is 60.7 Å². The van der Waals surface area contributed by atoms with Crippen LogP contribution in [0, 0.1) is 0 Å². The first-order chi connectivity index (χ1) is 15.2. The van der Waals surface area contributed by atoms with E-state index in [9.17, 15) is 14.4 Å². The molecular formula is C22H25Cl3N4O3. The van der Waals surface area contributed by atoms with Gasteiger partial charge in [0.2, 0.25) is 17.7 Å². The molecule has 172 valence electrons. The molecule has 0 fully saturated rings. The van der Waals surface area contributed by atoms with Crippen LogP contribution in [0.25, 0.3) is 0 Å². The minimum absolute atomic E-state index is 0.00179. The highest BCUT2D eigenvalue weighted by Crippen LogP contribution is 2.25. The predicted octanol–water partition coefficient (Wildman–Crippen LogP) is 4.39. The van der Waals surface area contributed by atoms with Crippen LogP contribution < -0.4 is 10.6 Å². The third-order valence-electron chi connectivity index (χ3n) is 4.43. The molecule has 2 aromatic rings. The molecule has 0 aliphatic carbocycles. The van der Waals surface area contributed by atoms with Gasteiger partial charge in [-0.3, -0.25) is 19.3 Å². The van der Waals surface area contributed by atoms with Gasteiger partial charge in [-0.05, 0) is 43.3 Å². The van der Waals surface area contributed by atoms with Crippen LogP contribution in [-0.2, 0) is 14.4 Å². The normalized spacial score (nSPS) is 10.7. The van der Waals surface area contributed by atoms with Gasteiger partial charge in [0.1, 0.15) is 0 Å². The largest absolute Gasteiger partial charge is 0.335 e. The molecule has 0 spiro atoms. The zero-order chi connectivity index (χ0) is 23.7. The molecule has 0 saturated heterocycles. The Labute approximate surface area is 202 Å². The highest BCUT2D eigenvalue weighted by atomic mass is 35.5. The van der Waals surface area contributed by atoms with Crippen LogP contribution in [0.2, 0.25) is 15.1 Å². The Morgan fingerprint density at radius 3 is 2.09 bits per heavy atom. The van der Waals surface area contributed by atoms with Crippen LogP contribution in [0.3, 0.4) is 0 Å². The van der Waals surface area contributed by atoms with E-state index >= 15 is 0 Å². The Balaban J connectivity index is 1.89. The molecule has 32 heavy (non-hydrogen) atoms. The number of likely N-dealkylation sites (N-methyl/N-ethyl adjacent to an activating group) is 1. The summed E-state index contributed by atoms with van der Waals surface area (Å²) in [6.07, 6.45) is 0.749. The van der Waals surface area contributed by atoms with Crippen LogP contribution in [0.1, 0.15) is 13.3 Å². The third kappa shape index (κ3) is 8.31. The number of anilines is 2. The summed E-state index contributed by atoms with van der Waals surface area (Å²) in [5.41, 5.74) is 0.919.